The van der Waals surface area contributed by atoms with Gasteiger partial charge in [-0.15, -0.1) is 0 Å². The summed E-state index contributed by atoms with van der Waals surface area (Å²) in [4.78, 5) is 27.5. The molecule has 1 heterocycles. The number of carbonyl (C=O) groups excluding carboxylic acids is 2. The Morgan fingerprint density at radius 1 is 1.14 bits per heavy atom. The van der Waals surface area contributed by atoms with Gasteiger partial charge in [-0.1, -0.05) is 30.3 Å². The number of benzene rings is 1. The van der Waals surface area contributed by atoms with Crippen molar-refractivity contribution >= 4 is 11.9 Å². The second kappa shape index (κ2) is 7.19. The summed E-state index contributed by atoms with van der Waals surface area (Å²) in [5, 5.41) is 2.61. The predicted octanol–water partition coefficient (Wildman–Crippen LogP) is 2.58. The average molecular weight is 284 g/mol. The molecule has 0 aliphatic carbocycles. The number of ketones is 1. The number of Topliss-reactive ketones (excluding diaryl/α,β-unsaturated/α-hetero) is 1. The minimum Gasteiger partial charge on any atom is -0.438 e. The van der Waals surface area contributed by atoms with Gasteiger partial charge < -0.3 is 10.1 Å². The molecule has 1 amide bonds. The smallest absolute Gasteiger partial charge is 0.408 e. The summed E-state index contributed by atoms with van der Waals surface area (Å²) in [6.45, 7) is 1.90. The van der Waals surface area contributed by atoms with E-state index in [0.717, 1.165) is 5.56 Å². The van der Waals surface area contributed by atoms with Gasteiger partial charge in [0.05, 0.1) is 0 Å². The van der Waals surface area contributed by atoms with E-state index >= 15 is 0 Å². The highest BCUT2D eigenvalue weighted by Crippen LogP contribution is 2.05. The van der Waals surface area contributed by atoms with Crippen LogP contribution in [0.5, 0.6) is 0 Å². The zero-order valence-electron chi connectivity index (χ0n) is 11.7. The molecular formula is C16H16N2O3. The highest BCUT2D eigenvalue weighted by atomic mass is 16.6. The lowest BCUT2D eigenvalue weighted by atomic mass is 10.1. The molecule has 0 spiro atoms. The van der Waals surface area contributed by atoms with Crippen LogP contribution in [0.15, 0.2) is 54.9 Å². The monoisotopic (exact) mass is 284 g/mol. The maximum atomic E-state index is 12.0. The Bertz CT molecular complexity index is 599. The fraction of sp³-hybridized carbons (Fsp3) is 0.188. The highest BCUT2D eigenvalue weighted by molar-refractivity contribution is 5.99. The van der Waals surface area contributed by atoms with Crippen molar-refractivity contribution in [2.75, 3.05) is 0 Å². The molecule has 0 bridgehead atoms. The first-order valence-electron chi connectivity index (χ1n) is 6.59. The van der Waals surface area contributed by atoms with Crippen LogP contribution in [0.25, 0.3) is 0 Å². The van der Waals surface area contributed by atoms with Crippen molar-refractivity contribution in [2.45, 2.75) is 19.6 Å². The third kappa shape index (κ3) is 4.42. The van der Waals surface area contributed by atoms with Gasteiger partial charge in [0.25, 0.3) is 0 Å². The Kier molecular flexibility index (Phi) is 5.04. The normalized spacial score (nSPS) is 11.5. The first kappa shape index (κ1) is 14.7. The number of hydrogen-bond acceptors (Lipinski definition) is 4. The average Bonchev–Trinajstić information content (AvgIpc) is 2.54. The van der Waals surface area contributed by atoms with Crippen molar-refractivity contribution in [1.82, 2.24) is 10.3 Å². The van der Waals surface area contributed by atoms with Crippen molar-refractivity contribution in [3.8, 4) is 0 Å². The number of ether oxygens (including phenoxy) is 1. The number of amides is 1. The molecule has 0 aliphatic rings. The SMILES string of the molecule is C[C@@H](OC(=O)NCc1ccccc1)C(=O)c1ccncc1. The summed E-state index contributed by atoms with van der Waals surface area (Å²) in [7, 11) is 0. The van der Waals surface area contributed by atoms with E-state index in [2.05, 4.69) is 10.3 Å². The minimum absolute atomic E-state index is 0.257. The van der Waals surface area contributed by atoms with Crippen molar-refractivity contribution in [3.63, 3.8) is 0 Å². The molecule has 1 aromatic heterocycles. The summed E-state index contributed by atoms with van der Waals surface area (Å²) in [5.41, 5.74) is 1.43. The molecule has 0 saturated heterocycles. The number of aromatic nitrogens is 1. The van der Waals surface area contributed by atoms with Crippen LogP contribution in [0, 0.1) is 0 Å². The Hall–Kier alpha value is -2.69. The van der Waals surface area contributed by atoms with Crippen LogP contribution in [-0.4, -0.2) is 23.0 Å². The fourth-order valence-electron chi connectivity index (χ4n) is 1.78. The summed E-state index contributed by atoms with van der Waals surface area (Å²) in [6, 6.07) is 12.6. The Balaban J connectivity index is 1.83. The van der Waals surface area contributed by atoms with Crippen LogP contribution < -0.4 is 5.32 Å². The summed E-state index contributed by atoms with van der Waals surface area (Å²) >= 11 is 0. The molecule has 1 aromatic carbocycles. The predicted molar refractivity (Wildman–Crippen MR) is 77.8 cm³/mol. The number of alkyl carbamates (subject to hydrolysis) is 1. The maximum absolute atomic E-state index is 12.0. The van der Waals surface area contributed by atoms with Gasteiger partial charge in [-0.2, -0.15) is 0 Å². The molecule has 2 aromatic rings. The number of rotatable bonds is 5. The Morgan fingerprint density at radius 3 is 2.48 bits per heavy atom. The van der Waals surface area contributed by atoms with Gasteiger partial charge in [-0.05, 0) is 24.6 Å². The third-order valence-electron chi connectivity index (χ3n) is 2.90. The van der Waals surface area contributed by atoms with Crippen LogP contribution >= 0.6 is 0 Å². The lowest BCUT2D eigenvalue weighted by molar-refractivity contribution is 0.0670. The maximum Gasteiger partial charge on any atom is 0.408 e. The molecule has 0 unspecified atom stereocenters. The number of pyridine rings is 1. The van der Waals surface area contributed by atoms with Gasteiger partial charge in [0.15, 0.2) is 6.10 Å². The van der Waals surface area contributed by atoms with Gasteiger partial charge in [-0.3, -0.25) is 9.78 Å². The molecular weight excluding hydrogens is 268 g/mol. The van der Waals surface area contributed by atoms with Crippen molar-refractivity contribution in [2.24, 2.45) is 0 Å². The van der Waals surface area contributed by atoms with Gasteiger partial charge in [-0.25, -0.2) is 4.79 Å². The highest BCUT2D eigenvalue weighted by Gasteiger charge is 2.19. The molecule has 0 radical (unpaired) electrons. The molecule has 1 N–H and O–H groups in total. The van der Waals surface area contributed by atoms with E-state index in [0.29, 0.717) is 12.1 Å². The van der Waals surface area contributed by atoms with Crippen molar-refractivity contribution < 1.29 is 14.3 Å². The van der Waals surface area contributed by atoms with Crippen molar-refractivity contribution in [3.05, 3.63) is 66.0 Å². The van der Waals surface area contributed by atoms with Crippen molar-refractivity contribution in [1.29, 1.82) is 0 Å². The Labute approximate surface area is 123 Å². The van der Waals surface area contributed by atoms with Gasteiger partial charge in [0.1, 0.15) is 0 Å². The molecule has 5 nitrogen and oxygen atoms in total. The first-order chi connectivity index (χ1) is 10.2. The largest absolute Gasteiger partial charge is 0.438 e. The van der Waals surface area contributed by atoms with E-state index < -0.39 is 12.2 Å². The van der Waals surface area contributed by atoms with Crippen LogP contribution in [0.2, 0.25) is 0 Å². The molecule has 0 aliphatic heterocycles. The summed E-state index contributed by atoms with van der Waals surface area (Å²) < 4.78 is 5.07. The number of nitrogens with zero attached hydrogens (tertiary/aromatic N) is 1. The molecule has 108 valence electrons. The van der Waals surface area contributed by atoms with E-state index in [1.165, 1.54) is 12.4 Å². The second-order valence-electron chi connectivity index (χ2n) is 4.49. The first-order valence-corrected chi connectivity index (χ1v) is 6.59. The van der Waals surface area contributed by atoms with Crippen LogP contribution in [0.4, 0.5) is 4.79 Å². The number of carbonyl (C=O) groups is 2. The van der Waals surface area contributed by atoms with Crippen LogP contribution in [-0.2, 0) is 11.3 Å². The zero-order valence-corrected chi connectivity index (χ0v) is 11.7. The summed E-state index contributed by atoms with van der Waals surface area (Å²) in [6.07, 6.45) is 1.59. The van der Waals surface area contributed by atoms with E-state index in [-0.39, 0.29) is 5.78 Å². The fourth-order valence-corrected chi connectivity index (χ4v) is 1.78. The quantitative estimate of drug-likeness (QED) is 0.857. The topological polar surface area (TPSA) is 68.3 Å². The standard InChI is InChI=1S/C16H16N2O3/c1-12(15(19)14-7-9-17-10-8-14)21-16(20)18-11-13-5-3-2-4-6-13/h2-10,12H,11H2,1H3,(H,18,20)/t12-/m1/s1. The van der Waals surface area contributed by atoms with Gasteiger partial charge in [0.2, 0.25) is 5.78 Å². The molecule has 1 atom stereocenters. The van der Waals surface area contributed by atoms with Gasteiger partial charge in [0, 0.05) is 24.5 Å². The summed E-state index contributed by atoms with van der Waals surface area (Å²) in [5.74, 6) is -0.257. The molecule has 5 heteroatoms. The van der Waals surface area contributed by atoms with Crippen LogP contribution in [0.1, 0.15) is 22.8 Å². The minimum atomic E-state index is -0.844. The van der Waals surface area contributed by atoms with E-state index in [9.17, 15) is 9.59 Å². The second-order valence-corrected chi connectivity index (χ2v) is 4.49. The van der Waals surface area contributed by atoms with Crippen LogP contribution in [0.3, 0.4) is 0 Å². The molecule has 2 rings (SSSR count). The number of hydrogen-bond donors (Lipinski definition) is 1. The lowest BCUT2D eigenvalue weighted by Crippen LogP contribution is -2.31. The molecule has 21 heavy (non-hydrogen) atoms. The zero-order chi connectivity index (χ0) is 15.1. The lowest BCUT2D eigenvalue weighted by Gasteiger charge is -2.13. The number of nitrogens with one attached hydrogen (secondary N) is 1. The van der Waals surface area contributed by atoms with E-state index in [4.69, 9.17) is 4.74 Å². The molecule has 0 fully saturated rings. The van der Waals surface area contributed by atoms with E-state index in [1.54, 1.807) is 19.1 Å². The molecule has 0 saturated carbocycles. The van der Waals surface area contributed by atoms with Gasteiger partial charge >= 0.3 is 6.09 Å². The third-order valence-corrected chi connectivity index (χ3v) is 2.90. The Morgan fingerprint density at radius 2 is 1.81 bits per heavy atom. The van der Waals surface area contributed by atoms with E-state index in [1.807, 2.05) is 30.3 Å².